The number of nitrogens with zero attached hydrogens (tertiary/aromatic N) is 1. The van der Waals surface area contributed by atoms with Crippen molar-refractivity contribution >= 4 is 11.7 Å². The van der Waals surface area contributed by atoms with E-state index in [9.17, 15) is 4.79 Å². The Bertz CT molecular complexity index is 435. The molecule has 1 saturated carbocycles. The lowest BCUT2D eigenvalue weighted by molar-refractivity contribution is 0.0987. The number of Topliss-reactive ketones (excluding diaryl/α,β-unsaturated/α-hetero) is 1. The van der Waals surface area contributed by atoms with Crippen LogP contribution in [0.15, 0.2) is 16.5 Å². The Morgan fingerprint density at radius 2 is 2.00 bits per heavy atom. The van der Waals surface area contributed by atoms with Crippen LogP contribution in [0.4, 0.5) is 5.88 Å². The highest BCUT2D eigenvalue weighted by atomic mass is 16.4. The van der Waals surface area contributed by atoms with Crippen molar-refractivity contribution < 1.29 is 9.21 Å². The first-order valence-corrected chi connectivity index (χ1v) is 7.13. The van der Waals surface area contributed by atoms with Crippen LogP contribution in [0.25, 0.3) is 0 Å². The van der Waals surface area contributed by atoms with Crippen molar-refractivity contribution in [2.24, 2.45) is 5.92 Å². The molecule has 1 aliphatic heterocycles. The van der Waals surface area contributed by atoms with Gasteiger partial charge in [0.25, 0.3) is 0 Å². The number of carbonyl (C=O) groups excluding carboxylic acids is 1. The number of hydrogen-bond donors (Lipinski definition) is 0. The van der Waals surface area contributed by atoms with E-state index in [1.54, 1.807) is 6.92 Å². The zero-order chi connectivity index (χ0) is 12.5. The smallest absolute Gasteiger partial charge is 0.196 e. The summed E-state index contributed by atoms with van der Waals surface area (Å²) in [5, 5.41) is 0. The molecule has 0 N–H and O–H groups in total. The molecule has 1 aromatic rings. The molecule has 2 aliphatic rings. The van der Waals surface area contributed by atoms with Gasteiger partial charge in [0.2, 0.25) is 0 Å². The van der Waals surface area contributed by atoms with Crippen molar-refractivity contribution in [3.8, 4) is 0 Å². The lowest BCUT2D eigenvalue weighted by Crippen LogP contribution is -2.46. The third kappa shape index (κ3) is 2.06. The van der Waals surface area contributed by atoms with Crippen molar-refractivity contribution in [1.29, 1.82) is 0 Å². The van der Waals surface area contributed by atoms with Crippen molar-refractivity contribution in [2.45, 2.75) is 51.5 Å². The molecule has 3 rings (SSSR count). The summed E-state index contributed by atoms with van der Waals surface area (Å²) in [6, 6.07) is 4.41. The first-order valence-electron chi connectivity index (χ1n) is 7.13. The third-order valence-electron chi connectivity index (χ3n) is 4.47. The molecule has 3 heteroatoms. The van der Waals surface area contributed by atoms with Gasteiger partial charge in [-0.1, -0.05) is 12.8 Å². The van der Waals surface area contributed by atoms with E-state index in [0.29, 0.717) is 11.8 Å². The van der Waals surface area contributed by atoms with E-state index < -0.39 is 0 Å². The summed E-state index contributed by atoms with van der Waals surface area (Å²) >= 11 is 0. The van der Waals surface area contributed by atoms with Gasteiger partial charge in [0.15, 0.2) is 17.4 Å². The largest absolute Gasteiger partial charge is 0.437 e. The second kappa shape index (κ2) is 4.79. The van der Waals surface area contributed by atoms with Gasteiger partial charge in [0, 0.05) is 25.6 Å². The van der Waals surface area contributed by atoms with Gasteiger partial charge in [-0.2, -0.15) is 0 Å². The molecule has 2 heterocycles. The van der Waals surface area contributed by atoms with Crippen LogP contribution < -0.4 is 4.90 Å². The second-order valence-corrected chi connectivity index (χ2v) is 5.64. The summed E-state index contributed by atoms with van der Waals surface area (Å²) in [5.74, 6) is 2.23. The zero-order valence-electron chi connectivity index (χ0n) is 11.0. The molecule has 3 nitrogen and oxygen atoms in total. The Balaban J connectivity index is 1.82. The van der Waals surface area contributed by atoms with Crippen LogP contribution in [0.2, 0.25) is 0 Å². The summed E-state index contributed by atoms with van der Waals surface area (Å²) < 4.78 is 5.71. The highest BCUT2D eigenvalue weighted by Crippen LogP contribution is 2.38. The first kappa shape index (κ1) is 11.8. The Morgan fingerprint density at radius 3 is 2.78 bits per heavy atom. The molecule has 98 valence electrons. The van der Waals surface area contributed by atoms with Crippen molar-refractivity contribution in [3.63, 3.8) is 0 Å². The zero-order valence-corrected chi connectivity index (χ0v) is 11.0. The fourth-order valence-electron chi connectivity index (χ4n) is 3.57. The maximum Gasteiger partial charge on any atom is 0.196 e. The van der Waals surface area contributed by atoms with E-state index in [1.165, 1.54) is 38.5 Å². The summed E-state index contributed by atoms with van der Waals surface area (Å²) in [5.41, 5.74) is 0. The van der Waals surface area contributed by atoms with Crippen LogP contribution >= 0.6 is 0 Å². The van der Waals surface area contributed by atoms with Crippen molar-refractivity contribution in [2.75, 3.05) is 11.4 Å². The predicted molar refractivity (Wildman–Crippen MR) is 71.0 cm³/mol. The molecule has 0 aromatic carbocycles. The van der Waals surface area contributed by atoms with E-state index >= 15 is 0 Å². The van der Waals surface area contributed by atoms with Crippen LogP contribution in [0, 0.1) is 5.92 Å². The summed E-state index contributed by atoms with van der Waals surface area (Å²) in [4.78, 5) is 13.7. The quantitative estimate of drug-likeness (QED) is 0.748. The minimum Gasteiger partial charge on any atom is -0.437 e. The monoisotopic (exact) mass is 247 g/mol. The summed E-state index contributed by atoms with van der Waals surface area (Å²) in [6.45, 7) is 2.63. The first-order chi connectivity index (χ1) is 8.75. The third-order valence-corrected chi connectivity index (χ3v) is 4.47. The van der Waals surface area contributed by atoms with Gasteiger partial charge in [0.05, 0.1) is 0 Å². The number of anilines is 1. The number of furan rings is 1. The van der Waals surface area contributed by atoms with Gasteiger partial charge in [0.1, 0.15) is 0 Å². The highest BCUT2D eigenvalue weighted by Gasteiger charge is 2.34. The van der Waals surface area contributed by atoms with Crippen molar-refractivity contribution in [3.05, 3.63) is 17.9 Å². The minimum atomic E-state index is 0.0125. The average Bonchev–Trinajstić information content (AvgIpc) is 2.87. The van der Waals surface area contributed by atoms with Crippen LogP contribution in [0.3, 0.4) is 0 Å². The molecule has 2 fully saturated rings. The Labute approximate surface area is 108 Å². The predicted octanol–water partition coefficient (Wildman–Crippen LogP) is 3.64. The molecule has 2 unspecified atom stereocenters. The molecule has 18 heavy (non-hydrogen) atoms. The molecular formula is C15H21NO2. The second-order valence-electron chi connectivity index (χ2n) is 5.64. The topological polar surface area (TPSA) is 33.5 Å². The van der Waals surface area contributed by atoms with Crippen LogP contribution in [-0.2, 0) is 0 Å². The fraction of sp³-hybridized carbons (Fsp3) is 0.667. The number of rotatable bonds is 2. The Hall–Kier alpha value is -1.25. The molecular weight excluding hydrogens is 226 g/mol. The molecule has 1 aromatic heterocycles. The molecule has 0 bridgehead atoms. The van der Waals surface area contributed by atoms with Gasteiger partial charge < -0.3 is 9.32 Å². The minimum absolute atomic E-state index is 0.0125. The molecule has 0 radical (unpaired) electrons. The SMILES string of the molecule is CC(=O)c1ccc(N2CCCC3CCCCC32)o1. The van der Waals surface area contributed by atoms with Crippen LogP contribution in [0.1, 0.15) is 56.0 Å². The summed E-state index contributed by atoms with van der Waals surface area (Å²) in [7, 11) is 0. The van der Waals surface area contributed by atoms with Gasteiger partial charge in [-0.25, -0.2) is 0 Å². The molecule has 1 aliphatic carbocycles. The van der Waals surface area contributed by atoms with Gasteiger partial charge in [-0.3, -0.25) is 4.79 Å². The number of fused-ring (bicyclic) bond motifs is 1. The maximum atomic E-state index is 11.3. The molecule has 1 saturated heterocycles. The van der Waals surface area contributed by atoms with Gasteiger partial charge >= 0.3 is 0 Å². The van der Waals surface area contributed by atoms with E-state index in [4.69, 9.17) is 4.42 Å². The Kier molecular flexibility index (Phi) is 3.14. The fourth-order valence-corrected chi connectivity index (χ4v) is 3.57. The van der Waals surface area contributed by atoms with Crippen molar-refractivity contribution in [1.82, 2.24) is 0 Å². The average molecular weight is 247 g/mol. The standard InChI is InChI=1S/C15H21NO2/c1-11(17)14-8-9-15(18-14)16-10-4-6-12-5-2-3-7-13(12)16/h8-9,12-13H,2-7,10H2,1H3. The normalized spacial score (nSPS) is 27.9. The highest BCUT2D eigenvalue weighted by molar-refractivity contribution is 5.91. The van der Waals surface area contributed by atoms with E-state index in [-0.39, 0.29) is 5.78 Å². The van der Waals surface area contributed by atoms with E-state index in [0.717, 1.165) is 18.3 Å². The van der Waals surface area contributed by atoms with E-state index in [2.05, 4.69) is 4.90 Å². The number of carbonyl (C=O) groups is 1. The number of hydrogen-bond acceptors (Lipinski definition) is 3. The van der Waals surface area contributed by atoms with Gasteiger partial charge in [-0.15, -0.1) is 0 Å². The Morgan fingerprint density at radius 1 is 1.22 bits per heavy atom. The van der Waals surface area contributed by atoms with Crippen LogP contribution in [0.5, 0.6) is 0 Å². The number of piperidine rings is 1. The maximum absolute atomic E-state index is 11.3. The molecule has 0 spiro atoms. The van der Waals surface area contributed by atoms with E-state index in [1.807, 2.05) is 12.1 Å². The molecule has 0 amide bonds. The van der Waals surface area contributed by atoms with Crippen LogP contribution in [-0.4, -0.2) is 18.4 Å². The lowest BCUT2D eigenvalue weighted by Gasteiger charge is -2.44. The summed E-state index contributed by atoms with van der Waals surface area (Å²) in [6.07, 6.45) is 7.96. The number of ketones is 1. The lowest BCUT2D eigenvalue weighted by atomic mass is 9.78. The molecule has 2 atom stereocenters. The van der Waals surface area contributed by atoms with Gasteiger partial charge in [-0.05, 0) is 37.7 Å².